The third-order valence-electron chi connectivity index (χ3n) is 2.94. The van der Waals surface area contributed by atoms with Gasteiger partial charge in [0.15, 0.2) is 5.78 Å². The molecule has 2 rings (SSSR count). The number of nitro groups is 1. The number of carbonyl (C=O) groups excluding carboxylic acids is 1. The van der Waals surface area contributed by atoms with E-state index in [9.17, 15) is 14.9 Å². The molecule has 0 saturated heterocycles. The summed E-state index contributed by atoms with van der Waals surface area (Å²) < 4.78 is 0. The first kappa shape index (κ1) is 12.0. The summed E-state index contributed by atoms with van der Waals surface area (Å²) in [6.45, 7) is 0. The molecule has 0 bridgehead atoms. The van der Waals surface area contributed by atoms with Crippen molar-refractivity contribution in [3.63, 3.8) is 0 Å². The molecule has 0 aliphatic heterocycles. The van der Waals surface area contributed by atoms with Crippen LogP contribution in [0.25, 0.3) is 5.57 Å². The van der Waals surface area contributed by atoms with Crippen LogP contribution in [0.1, 0.15) is 18.4 Å². The van der Waals surface area contributed by atoms with Crippen LogP contribution in [0.3, 0.4) is 0 Å². The lowest BCUT2D eigenvalue weighted by Crippen LogP contribution is -2.11. The standard InChI is InChI=1S/C13H10N2O3/c14-8-10-3-6-12(16)7-13(10)9-1-4-11(5-2-9)15(17)18/h1-2,4-5,7,10H,3,6H2. The van der Waals surface area contributed by atoms with Crippen molar-refractivity contribution in [1.29, 1.82) is 5.26 Å². The quantitative estimate of drug-likeness (QED) is 0.589. The first-order chi connectivity index (χ1) is 8.61. The van der Waals surface area contributed by atoms with Gasteiger partial charge in [-0.15, -0.1) is 0 Å². The van der Waals surface area contributed by atoms with E-state index in [0.29, 0.717) is 24.0 Å². The summed E-state index contributed by atoms with van der Waals surface area (Å²) in [5, 5.41) is 19.6. The van der Waals surface area contributed by atoms with Gasteiger partial charge in [-0.05, 0) is 35.8 Å². The molecular formula is C13H10N2O3. The van der Waals surface area contributed by atoms with E-state index >= 15 is 0 Å². The highest BCUT2D eigenvalue weighted by Gasteiger charge is 2.22. The highest BCUT2D eigenvalue weighted by molar-refractivity contribution is 5.99. The molecule has 1 aliphatic carbocycles. The monoisotopic (exact) mass is 242 g/mol. The smallest absolute Gasteiger partial charge is 0.269 e. The first-order valence-electron chi connectivity index (χ1n) is 5.50. The predicted molar refractivity (Wildman–Crippen MR) is 64.4 cm³/mol. The lowest BCUT2D eigenvalue weighted by molar-refractivity contribution is -0.384. The zero-order valence-corrected chi connectivity index (χ0v) is 9.50. The summed E-state index contributed by atoms with van der Waals surface area (Å²) >= 11 is 0. The van der Waals surface area contributed by atoms with E-state index in [1.54, 1.807) is 12.1 Å². The Morgan fingerprint density at radius 1 is 1.33 bits per heavy atom. The zero-order valence-electron chi connectivity index (χ0n) is 9.50. The van der Waals surface area contributed by atoms with E-state index < -0.39 is 4.92 Å². The van der Waals surface area contributed by atoms with Crippen molar-refractivity contribution in [2.45, 2.75) is 12.8 Å². The van der Waals surface area contributed by atoms with E-state index in [1.165, 1.54) is 18.2 Å². The third kappa shape index (κ3) is 2.28. The maximum atomic E-state index is 11.4. The molecule has 5 nitrogen and oxygen atoms in total. The summed E-state index contributed by atoms with van der Waals surface area (Å²) in [5.41, 5.74) is 1.35. The van der Waals surface area contributed by atoms with E-state index in [4.69, 9.17) is 5.26 Å². The second-order valence-corrected chi connectivity index (χ2v) is 4.09. The number of benzene rings is 1. The lowest BCUT2D eigenvalue weighted by atomic mass is 9.84. The second-order valence-electron chi connectivity index (χ2n) is 4.09. The normalized spacial score (nSPS) is 18.9. The minimum absolute atomic E-state index is 0.00464. The van der Waals surface area contributed by atoms with Crippen LogP contribution in [0.4, 0.5) is 5.69 Å². The number of nitriles is 1. The van der Waals surface area contributed by atoms with Gasteiger partial charge in [0.2, 0.25) is 0 Å². The molecule has 0 aromatic heterocycles. The fourth-order valence-corrected chi connectivity index (χ4v) is 1.98. The van der Waals surface area contributed by atoms with Crippen LogP contribution in [0, 0.1) is 27.4 Å². The van der Waals surface area contributed by atoms with Crippen LogP contribution in [0.15, 0.2) is 30.3 Å². The van der Waals surface area contributed by atoms with Crippen LogP contribution in [0.2, 0.25) is 0 Å². The van der Waals surface area contributed by atoms with Gasteiger partial charge in [0.1, 0.15) is 0 Å². The van der Waals surface area contributed by atoms with Crippen molar-refractivity contribution in [3.8, 4) is 6.07 Å². The number of hydrogen-bond acceptors (Lipinski definition) is 4. The predicted octanol–water partition coefficient (Wildman–Crippen LogP) is 2.48. The van der Waals surface area contributed by atoms with Gasteiger partial charge in [-0.2, -0.15) is 5.26 Å². The highest BCUT2D eigenvalue weighted by Crippen LogP contribution is 2.31. The molecule has 0 spiro atoms. The molecule has 1 aliphatic rings. The zero-order chi connectivity index (χ0) is 13.1. The van der Waals surface area contributed by atoms with Crippen molar-refractivity contribution in [1.82, 2.24) is 0 Å². The molecule has 0 saturated carbocycles. The van der Waals surface area contributed by atoms with E-state index in [-0.39, 0.29) is 17.4 Å². The highest BCUT2D eigenvalue weighted by atomic mass is 16.6. The topological polar surface area (TPSA) is 84.0 Å². The summed E-state index contributed by atoms with van der Waals surface area (Å²) in [7, 11) is 0. The summed E-state index contributed by atoms with van der Waals surface area (Å²) in [4.78, 5) is 21.5. The molecule has 5 heteroatoms. The van der Waals surface area contributed by atoms with Crippen molar-refractivity contribution < 1.29 is 9.72 Å². The third-order valence-corrected chi connectivity index (χ3v) is 2.94. The number of carbonyl (C=O) groups is 1. The molecule has 0 fully saturated rings. The molecule has 0 radical (unpaired) electrons. The molecule has 1 aromatic carbocycles. The largest absolute Gasteiger partial charge is 0.295 e. The van der Waals surface area contributed by atoms with Crippen LogP contribution in [-0.4, -0.2) is 10.7 Å². The number of hydrogen-bond donors (Lipinski definition) is 0. The molecular weight excluding hydrogens is 232 g/mol. The number of allylic oxidation sites excluding steroid dienone is 2. The Morgan fingerprint density at radius 2 is 2.00 bits per heavy atom. The van der Waals surface area contributed by atoms with Gasteiger partial charge in [-0.25, -0.2) is 0 Å². The maximum Gasteiger partial charge on any atom is 0.269 e. The lowest BCUT2D eigenvalue weighted by Gasteiger charge is -2.17. The van der Waals surface area contributed by atoms with Gasteiger partial charge in [-0.3, -0.25) is 14.9 Å². The van der Waals surface area contributed by atoms with Crippen LogP contribution >= 0.6 is 0 Å². The average molecular weight is 242 g/mol. The number of nitrogens with zero attached hydrogens (tertiary/aromatic N) is 2. The summed E-state index contributed by atoms with van der Waals surface area (Å²) in [5.74, 6) is -0.320. The van der Waals surface area contributed by atoms with Crippen molar-refractivity contribution in [3.05, 3.63) is 46.0 Å². The minimum Gasteiger partial charge on any atom is -0.295 e. The van der Waals surface area contributed by atoms with Crippen molar-refractivity contribution >= 4 is 17.0 Å². The Kier molecular flexibility index (Phi) is 3.20. The Balaban J connectivity index is 2.38. The molecule has 0 N–H and O–H groups in total. The molecule has 1 aromatic rings. The molecule has 1 unspecified atom stereocenters. The van der Waals surface area contributed by atoms with Gasteiger partial charge in [0, 0.05) is 18.6 Å². The Labute approximate surface area is 103 Å². The van der Waals surface area contributed by atoms with Gasteiger partial charge < -0.3 is 0 Å². The number of non-ortho nitro benzene ring substituents is 1. The molecule has 0 amide bonds. The SMILES string of the molecule is N#CC1CCC(=O)C=C1c1ccc([N+](=O)[O-])cc1. The van der Waals surface area contributed by atoms with Gasteiger partial charge in [0.25, 0.3) is 5.69 Å². The summed E-state index contributed by atoms with van der Waals surface area (Å²) in [6, 6.07) is 8.07. The van der Waals surface area contributed by atoms with Gasteiger partial charge >= 0.3 is 0 Å². The van der Waals surface area contributed by atoms with E-state index in [0.717, 1.165) is 0 Å². The van der Waals surface area contributed by atoms with Crippen LogP contribution < -0.4 is 0 Å². The van der Waals surface area contributed by atoms with Crippen LogP contribution in [-0.2, 0) is 4.79 Å². The van der Waals surface area contributed by atoms with E-state index in [1.807, 2.05) is 0 Å². The first-order valence-corrected chi connectivity index (χ1v) is 5.50. The fraction of sp³-hybridized carbons (Fsp3) is 0.231. The Hall–Kier alpha value is -2.48. The number of nitro benzene ring substituents is 1. The maximum absolute atomic E-state index is 11.4. The number of ketones is 1. The van der Waals surface area contributed by atoms with Crippen molar-refractivity contribution in [2.24, 2.45) is 5.92 Å². The fourth-order valence-electron chi connectivity index (χ4n) is 1.98. The van der Waals surface area contributed by atoms with Crippen LogP contribution in [0.5, 0.6) is 0 Å². The molecule has 0 heterocycles. The Bertz CT molecular complexity index is 567. The van der Waals surface area contributed by atoms with Crippen molar-refractivity contribution in [2.75, 3.05) is 0 Å². The van der Waals surface area contributed by atoms with Gasteiger partial charge in [0.05, 0.1) is 16.9 Å². The molecule has 90 valence electrons. The van der Waals surface area contributed by atoms with Gasteiger partial charge in [-0.1, -0.05) is 0 Å². The second kappa shape index (κ2) is 4.80. The minimum atomic E-state index is -0.480. The summed E-state index contributed by atoms with van der Waals surface area (Å²) in [6.07, 6.45) is 2.37. The number of rotatable bonds is 2. The van der Waals surface area contributed by atoms with E-state index in [2.05, 4.69) is 6.07 Å². The Morgan fingerprint density at radius 3 is 2.56 bits per heavy atom. The average Bonchev–Trinajstić information content (AvgIpc) is 2.39. The molecule has 18 heavy (non-hydrogen) atoms. The molecule has 1 atom stereocenters.